The van der Waals surface area contributed by atoms with Crippen LogP contribution >= 0.6 is 11.8 Å². The zero-order valence-electron chi connectivity index (χ0n) is 16.3. The highest BCUT2D eigenvalue weighted by Gasteiger charge is 2.29. The van der Waals surface area contributed by atoms with Crippen molar-refractivity contribution in [3.63, 3.8) is 0 Å². The van der Waals surface area contributed by atoms with Crippen molar-refractivity contribution in [3.8, 4) is 11.6 Å². The van der Waals surface area contributed by atoms with Gasteiger partial charge >= 0.3 is 0 Å². The van der Waals surface area contributed by atoms with E-state index in [9.17, 15) is 18.0 Å². The van der Waals surface area contributed by atoms with Gasteiger partial charge in [0.15, 0.2) is 0 Å². The Morgan fingerprint density at radius 1 is 1.30 bits per heavy atom. The number of sulfonamides is 1. The van der Waals surface area contributed by atoms with E-state index in [1.54, 1.807) is 41.4 Å². The first-order valence-corrected chi connectivity index (χ1v) is 12.0. The number of ether oxygens (including phenoxy) is 1. The Balaban J connectivity index is 1.54. The molecule has 1 fully saturated rings. The fourth-order valence-electron chi connectivity index (χ4n) is 3.03. The van der Waals surface area contributed by atoms with Crippen molar-refractivity contribution in [3.05, 3.63) is 48.2 Å². The van der Waals surface area contributed by atoms with Crippen LogP contribution in [0.4, 0.5) is 10.5 Å². The van der Waals surface area contributed by atoms with Crippen molar-refractivity contribution in [1.29, 1.82) is 0 Å². The first kappa shape index (κ1) is 21.9. The lowest BCUT2D eigenvalue weighted by Gasteiger charge is -2.16. The minimum absolute atomic E-state index is 0.0492. The summed E-state index contributed by atoms with van der Waals surface area (Å²) in [6.45, 7) is 1.03. The maximum absolute atomic E-state index is 12.2. The molecule has 11 heteroatoms. The van der Waals surface area contributed by atoms with Crippen LogP contribution in [0.1, 0.15) is 12.0 Å². The molecule has 0 aliphatic carbocycles. The van der Waals surface area contributed by atoms with Crippen LogP contribution in [0, 0.1) is 5.92 Å². The third-order valence-electron chi connectivity index (χ3n) is 4.31. The van der Waals surface area contributed by atoms with Crippen LogP contribution < -0.4 is 15.2 Å². The van der Waals surface area contributed by atoms with Gasteiger partial charge in [0.05, 0.1) is 6.26 Å². The van der Waals surface area contributed by atoms with Crippen LogP contribution in [0.5, 0.6) is 11.6 Å². The average molecular weight is 451 g/mol. The van der Waals surface area contributed by atoms with Crippen molar-refractivity contribution in [1.82, 2.24) is 9.88 Å². The number of carbonyl (C=O) groups is 2. The van der Waals surface area contributed by atoms with E-state index in [0.717, 1.165) is 23.6 Å². The predicted molar refractivity (Wildman–Crippen MR) is 115 cm³/mol. The highest BCUT2D eigenvalue weighted by atomic mass is 32.2. The number of hydrogen-bond donors (Lipinski definition) is 2. The second-order valence-corrected chi connectivity index (χ2v) is 9.75. The molecule has 0 unspecified atom stereocenters. The molecule has 9 nitrogen and oxygen atoms in total. The van der Waals surface area contributed by atoms with Crippen LogP contribution in [-0.2, 0) is 21.4 Å². The molecule has 1 aliphatic rings. The van der Waals surface area contributed by atoms with E-state index in [1.165, 1.54) is 0 Å². The quantitative estimate of drug-likeness (QED) is 0.631. The number of likely N-dealkylation sites (tertiary alicyclic amines) is 1. The number of anilines is 1. The fraction of sp³-hybridized carbons (Fsp3) is 0.316. The van der Waals surface area contributed by atoms with Crippen LogP contribution in [0.3, 0.4) is 0 Å². The Morgan fingerprint density at radius 2 is 2.03 bits per heavy atom. The lowest BCUT2D eigenvalue weighted by Crippen LogP contribution is -2.25. The van der Waals surface area contributed by atoms with Gasteiger partial charge in [0.25, 0.3) is 5.24 Å². The van der Waals surface area contributed by atoms with Crippen molar-refractivity contribution < 1.29 is 22.7 Å². The molecule has 0 radical (unpaired) electrons. The summed E-state index contributed by atoms with van der Waals surface area (Å²) < 4.78 is 30.5. The third kappa shape index (κ3) is 6.63. The van der Waals surface area contributed by atoms with Crippen molar-refractivity contribution in [2.45, 2.75) is 13.0 Å². The minimum Gasteiger partial charge on any atom is -0.439 e. The Kier molecular flexibility index (Phi) is 6.83. The number of carbonyl (C=O) groups excluding carboxylic acids is 2. The van der Waals surface area contributed by atoms with Crippen LogP contribution in [0.2, 0.25) is 0 Å². The minimum atomic E-state index is -3.33. The van der Waals surface area contributed by atoms with E-state index in [2.05, 4.69) is 9.71 Å². The zero-order valence-corrected chi connectivity index (χ0v) is 17.9. The summed E-state index contributed by atoms with van der Waals surface area (Å²) in [5.41, 5.74) is 6.45. The molecule has 0 saturated carbocycles. The number of nitrogens with zero attached hydrogens (tertiary/aromatic N) is 2. The van der Waals surface area contributed by atoms with E-state index in [-0.39, 0.29) is 11.8 Å². The summed E-state index contributed by atoms with van der Waals surface area (Å²) in [5.74, 6) is 1.60. The van der Waals surface area contributed by atoms with Crippen molar-refractivity contribution >= 4 is 38.6 Å². The van der Waals surface area contributed by atoms with Crippen LogP contribution in [-0.4, -0.2) is 48.0 Å². The first-order chi connectivity index (χ1) is 14.2. The standard InChI is InChI=1S/C19H22N4O5S2/c1-30(26,27)22-15-3-5-16(6-4-15)28-17-7-2-13(9-21-17)10-23-11-14(8-18(23)24)12-29-19(20)25/h2-7,9,14,22H,8,10-12H2,1H3,(H2,20,25)/t14-/m1/s1. The van der Waals surface area contributed by atoms with Gasteiger partial charge in [-0.25, -0.2) is 13.4 Å². The molecule has 1 aromatic heterocycles. The van der Waals surface area contributed by atoms with E-state index in [1.807, 2.05) is 6.07 Å². The number of benzene rings is 1. The molecule has 1 atom stereocenters. The summed E-state index contributed by atoms with van der Waals surface area (Å²) in [4.78, 5) is 29.1. The van der Waals surface area contributed by atoms with Crippen LogP contribution in [0.25, 0.3) is 0 Å². The summed E-state index contributed by atoms with van der Waals surface area (Å²) in [6.07, 6.45) is 3.14. The molecule has 3 rings (SSSR count). The average Bonchev–Trinajstić information content (AvgIpc) is 3.01. The van der Waals surface area contributed by atoms with E-state index >= 15 is 0 Å². The molecule has 0 spiro atoms. The zero-order chi connectivity index (χ0) is 21.7. The smallest absolute Gasteiger partial charge is 0.276 e. The molecule has 0 bridgehead atoms. The van der Waals surface area contributed by atoms with Crippen molar-refractivity contribution in [2.75, 3.05) is 23.3 Å². The Morgan fingerprint density at radius 3 is 2.63 bits per heavy atom. The molecule has 30 heavy (non-hydrogen) atoms. The monoisotopic (exact) mass is 450 g/mol. The largest absolute Gasteiger partial charge is 0.439 e. The molecular weight excluding hydrogens is 428 g/mol. The highest BCUT2D eigenvalue weighted by molar-refractivity contribution is 8.13. The predicted octanol–water partition coefficient (Wildman–Crippen LogP) is 2.41. The molecule has 3 N–H and O–H groups in total. The normalized spacial score (nSPS) is 16.5. The van der Waals surface area contributed by atoms with Gasteiger partial charge in [-0.1, -0.05) is 17.8 Å². The Bertz CT molecular complexity index is 1010. The Labute approximate surface area is 179 Å². The van der Waals surface area contributed by atoms with E-state index < -0.39 is 15.3 Å². The van der Waals surface area contributed by atoms with Gasteiger partial charge in [-0.15, -0.1) is 0 Å². The number of nitrogens with two attached hydrogens (primary N) is 1. The van der Waals surface area contributed by atoms with Crippen molar-refractivity contribution in [2.24, 2.45) is 11.7 Å². The molecule has 1 aromatic carbocycles. The molecular formula is C19H22N4O5S2. The highest BCUT2D eigenvalue weighted by Crippen LogP contribution is 2.25. The van der Waals surface area contributed by atoms with Crippen LogP contribution in [0.15, 0.2) is 42.6 Å². The van der Waals surface area contributed by atoms with Gasteiger partial charge < -0.3 is 15.4 Å². The molecule has 2 aromatic rings. The number of rotatable bonds is 8. The van der Waals surface area contributed by atoms with Gasteiger partial charge in [0.2, 0.25) is 21.8 Å². The molecule has 2 heterocycles. The number of pyridine rings is 1. The lowest BCUT2D eigenvalue weighted by molar-refractivity contribution is -0.128. The van der Waals surface area contributed by atoms with Gasteiger partial charge in [-0.05, 0) is 35.7 Å². The van der Waals surface area contributed by atoms with Gasteiger partial charge in [0.1, 0.15) is 5.75 Å². The van der Waals surface area contributed by atoms with Gasteiger partial charge in [0, 0.05) is 43.2 Å². The summed E-state index contributed by atoms with van der Waals surface area (Å²) in [7, 11) is -3.33. The topological polar surface area (TPSA) is 132 Å². The summed E-state index contributed by atoms with van der Waals surface area (Å²) in [5, 5.41) is -0.429. The number of nitrogens with one attached hydrogen (secondary N) is 1. The van der Waals surface area contributed by atoms with E-state index in [0.29, 0.717) is 42.6 Å². The van der Waals surface area contributed by atoms with Gasteiger partial charge in [-0.2, -0.15) is 0 Å². The maximum atomic E-state index is 12.2. The molecule has 1 aliphatic heterocycles. The number of aromatic nitrogens is 1. The van der Waals surface area contributed by atoms with Gasteiger partial charge in [-0.3, -0.25) is 14.3 Å². The first-order valence-electron chi connectivity index (χ1n) is 9.08. The summed E-state index contributed by atoms with van der Waals surface area (Å²) >= 11 is 1.04. The Hall–Kier alpha value is -2.79. The summed E-state index contributed by atoms with van der Waals surface area (Å²) in [6, 6.07) is 10.00. The van der Waals surface area contributed by atoms with E-state index in [4.69, 9.17) is 10.5 Å². The number of hydrogen-bond acceptors (Lipinski definition) is 7. The molecule has 1 saturated heterocycles. The second kappa shape index (κ2) is 9.35. The number of primary amides is 1. The lowest BCUT2D eigenvalue weighted by atomic mass is 10.1. The molecule has 160 valence electrons. The number of thioether (sulfide) groups is 1. The number of amides is 2. The SMILES string of the molecule is CS(=O)(=O)Nc1ccc(Oc2ccc(CN3C[C@H](CSC(N)=O)CC3=O)cn2)cc1. The fourth-order valence-corrected chi connectivity index (χ4v) is 4.22. The third-order valence-corrected chi connectivity index (χ3v) is 5.84. The maximum Gasteiger partial charge on any atom is 0.276 e. The molecule has 2 amide bonds. The second-order valence-electron chi connectivity index (χ2n) is 6.98.